The summed E-state index contributed by atoms with van der Waals surface area (Å²) in [5.74, 6) is -0.0127. The zero-order chi connectivity index (χ0) is 10.8. The molecule has 0 aliphatic carbocycles. The fourth-order valence-corrected chi connectivity index (χ4v) is 2.06. The third kappa shape index (κ3) is 3.29. The van der Waals surface area contributed by atoms with Crippen LogP contribution in [0.2, 0.25) is 0 Å². The summed E-state index contributed by atoms with van der Waals surface area (Å²) in [6, 6.07) is 0.471. The Morgan fingerprint density at radius 2 is 2.14 bits per heavy atom. The van der Waals surface area contributed by atoms with E-state index in [0.29, 0.717) is 11.5 Å². The third-order valence-electron chi connectivity index (χ3n) is 2.62. The average molecular weight is 199 g/mol. The molecule has 0 saturated carbocycles. The first-order valence-corrected chi connectivity index (χ1v) is 5.23. The largest absolute Gasteiger partial charge is 0.469 e. The van der Waals surface area contributed by atoms with Crippen molar-refractivity contribution in [1.29, 1.82) is 0 Å². The quantitative estimate of drug-likeness (QED) is 0.686. The van der Waals surface area contributed by atoms with Crippen molar-refractivity contribution in [2.24, 2.45) is 11.3 Å². The molecule has 1 aliphatic rings. The average Bonchev–Trinajstić information content (AvgIpc) is 2.48. The SMILES string of the molecule is COC(=O)C1CNC(CC(C)(C)C)C1. The van der Waals surface area contributed by atoms with Crippen LogP contribution in [0.3, 0.4) is 0 Å². The van der Waals surface area contributed by atoms with Gasteiger partial charge >= 0.3 is 5.97 Å². The van der Waals surface area contributed by atoms with E-state index >= 15 is 0 Å². The van der Waals surface area contributed by atoms with Gasteiger partial charge in [0, 0.05) is 12.6 Å². The predicted octanol–water partition coefficient (Wildman–Crippen LogP) is 1.57. The molecule has 0 bridgehead atoms. The number of hydrogen-bond donors (Lipinski definition) is 1. The highest BCUT2D eigenvalue weighted by atomic mass is 16.5. The van der Waals surface area contributed by atoms with E-state index in [1.54, 1.807) is 0 Å². The van der Waals surface area contributed by atoms with E-state index in [0.717, 1.165) is 19.4 Å². The topological polar surface area (TPSA) is 38.3 Å². The van der Waals surface area contributed by atoms with Crippen molar-refractivity contribution in [3.63, 3.8) is 0 Å². The summed E-state index contributed by atoms with van der Waals surface area (Å²) < 4.78 is 4.73. The summed E-state index contributed by atoms with van der Waals surface area (Å²) in [6.07, 6.45) is 2.03. The molecule has 1 N–H and O–H groups in total. The van der Waals surface area contributed by atoms with Gasteiger partial charge in [0.25, 0.3) is 0 Å². The number of nitrogens with one attached hydrogen (secondary N) is 1. The molecule has 3 nitrogen and oxygen atoms in total. The Morgan fingerprint density at radius 3 is 2.64 bits per heavy atom. The number of ether oxygens (including phenoxy) is 1. The van der Waals surface area contributed by atoms with Gasteiger partial charge in [0.2, 0.25) is 0 Å². The van der Waals surface area contributed by atoms with Gasteiger partial charge in [-0.1, -0.05) is 20.8 Å². The molecule has 2 atom stereocenters. The Labute approximate surface area is 86.2 Å². The molecule has 1 saturated heterocycles. The fraction of sp³-hybridized carbons (Fsp3) is 0.909. The van der Waals surface area contributed by atoms with Gasteiger partial charge < -0.3 is 10.1 Å². The Morgan fingerprint density at radius 1 is 1.50 bits per heavy atom. The maximum Gasteiger partial charge on any atom is 0.310 e. The fourth-order valence-electron chi connectivity index (χ4n) is 2.06. The Hall–Kier alpha value is -0.570. The standard InChI is InChI=1S/C11H21NO2/c1-11(2,3)6-9-5-8(7-12-9)10(13)14-4/h8-9,12H,5-7H2,1-4H3. The molecule has 1 rings (SSSR count). The molecule has 0 radical (unpaired) electrons. The Kier molecular flexibility index (Phi) is 3.53. The number of carbonyl (C=O) groups excluding carboxylic acids is 1. The lowest BCUT2D eigenvalue weighted by Crippen LogP contribution is -2.26. The lowest BCUT2D eigenvalue weighted by molar-refractivity contribution is -0.144. The van der Waals surface area contributed by atoms with Crippen molar-refractivity contribution in [2.45, 2.75) is 39.7 Å². The molecule has 14 heavy (non-hydrogen) atoms. The van der Waals surface area contributed by atoms with E-state index in [1.165, 1.54) is 7.11 Å². The smallest absolute Gasteiger partial charge is 0.310 e. The van der Waals surface area contributed by atoms with Gasteiger partial charge in [0.05, 0.1) is 13.0 Å². The summed E-state index contributed by atoms with van der Waals surface area (Å²) in [5.41, 5.74) is 0.322. The minimum absolute atomic E-state index is 0.0624. The first kappa shape index (κ1) is 11.5. The first-order valence-electron chi connectivity index (χ1n) is 5.23. The van der Waals surface area contributed by atoms with E-state index in [9.17, 15) is 4.79 Å². The molecule has 3 heteroatoms. The van der Waals surface area contributed by atoms with Crippen LogP contribution in [-0.2, 0) is 9.53 Å². The molecule has 0 spiro atoms. The van der Waals surface area contributed by atoms with Crippen molar-refractivity contribution < 1.29 is 9.53 Å². The van der Waals surface area contributed by atoms with Crippen molar-refractivity contribution in [2.75, 3.05) is 13.7 Å². The summed E-state index contributed by atoms with van der Waals surface area (Å²) in [7, 11) is 1.46. The molecule has 0 aromatic carbocycles. The molecule has 82 valence electrons. The molecular weight excluding hydrogens is 178 g/mol. The van der Waals surface area contributed by atoms with Crippen molar-refractivity contribution in [3.05, 3.63) is 0 Å². The van der Waals surface area contributed by atoms with Gasteiger partial charge in [0.1, 0.15) is 0 Å². The minimum atomic E-state index is -0.0751. The molecule has 1 aliphatic heterocycles. The van der Waals surface area contributed by atoms with Gasteiger partial charge in [-0.2, -0.15) is 0 Å². The van der Waals surface area contributed by atoms with E-state index < -0.39 is 0 Å². The highest BCUT2D eigenvalue weighted by molar-refractivity contribution is 5.73. The molecule has 0 aromatic heterocycles. The van der Waals surface area contributed by atoms with Crippen molar-refractivity contribution in [3.8, 4) is 0 Å². The molecular formula is C11H21NO2. The van der Waals surface area contributed by atoms with Crippen LogP contribution in [0.1, 0.15) is 33.6 Å². The summed E-state index contributed by atoms with van der Waals surface area (Å²) >= 11 is 0. The van der Waals surface area contributed by atoms with Crippen LogP contribution in [0.15, 0.2) is 0 Å². The third-order valence-corrected chi connectivity index (χ3v) is 2.62. The summed E-state index contributed by atoms with van der Waals surface area (Å²) in [4.78, 5) is 11.3. The van der Waals surface area contributed by atoms with Crippen LogP contribution < -0.4 is 5.32 Å². The van der Waals surface area contributed by atoms with Crippen LogP contribution >= 0.6 is 0 Å². The van der Waals surface area contributed by atoms with Crippen molar-refractivity contribution in [1.82, 2.24) is 5.32 Å². The highest BCUT2D eigenvalue weighted by Gasteiger charge is 2.32. The normalized spacial score (nSPS) is 27.7. The van der Waals surface area contributed by atoms with Crippen LogP contribution in [0.4, 0.5) is 0 Å². The number of methoxy groups -OCH3 is 1. The van der Waals surface area contributed by atoms with Gasteiger partial charge in [0.15, 0.2) is 0 Å². The van der Waals surface area contributed by atoms with Crippen LogP contribution in [-0.4, -0.2) is 25.7 Å². The van der Waals surface area contributed by atoms with E-state index in [2.05, 4.69) is 26.1 Å². The second-order valence-electron chi connectivity index (χ2n) is 5.33. The Balaban J connectivity index is 2.38. The number of hydrogen-bond acceptors (Lipinski definition) is 3. The van der Waals surface area contributed by atoms with Gasteiger partial charge in [-0.25, -0.2) is 0 Å². The van der Waals surface area contributed by atoms with Gasteiger partial charge in [-0.05, 0) is 18.3 Å². The number of carbonyl (C=O) groups is 1. The first-order chi connectivity index (χ1) is 6.42. The maximum atomic E-state index is 11.3. The molecule has 1 heterocycles. The van der Waals surface area contributed by atoms with Crippen LogP contribution in [0.5, 0.6) is 0 Å². The molecule has 1 fully saturated rings. The van der Waals surface area contributed by atoms with E-state index in [-0.39, 0.29) is 11.9 Å². The lowest BCUT2D eigenvalue weighted by atomic mass is 9.87. The zero-order valence-electron chi connectivity index (χ0n) is 9.59. The summed E-state index contributed by atoms with van der Waals surface area (Å²) in [6.45, 7) is 7.44. The Bertz CT molecular complexity index is 208. The van der Waals surface area contributed by atoms with Gasteiger partial charge in [-0.3, -0.25) is 4.79 Å². The molecule has 0 aromatic rings. The second kappa shape index (κ2) is 4.30. The maximum absolute atomic E-state index is 11.3. The second-order valence-corrected chi connectivity index (χ2v) is 5.33. The van der Waals surface area contributed by atoms with E-state index in [1.807, 2.05) is 0 Å². The van der Waals surface area contributed by atoms with E-state index in [4.69, 9.17) is 4.74 Å². The zero-order valence-corrected chi connectivity index (χ0v) is 9.59. The molecule has 0 amide bonds. The lowest BCUT2D eigenvalue weighted by Gasteiger charge is -2.22. The van der Waals surface area contributed by atoms with Crippen LogP contribution in [0, 0.1) is 11.3 Å². The number of esters is 1. The highest BCUT2D eigenvalue weighted by Crippen LogP contribution is 2.27. The monoisotopic (exact) mass is 199 g/mol. The van der Waals surface area contributed by atoms with Crippen molar-refractivity contribution >= 4 is 5.97 Å². The number of rotatable bonds is 2. The predicted molar refractivity (Wildman–Crippen MR) is 56.0 cm³/mol. The summed E-state index contributed by atoms with van der Waals surface area (Å²) in [5, 5.41) is 3.38. The van der Waals surface area contributed by atoms with Gasteiger partial charge in [-0.15, -0.1) is 0 Å². The minimum Gasteiger partial charge on any atom is -0.469 e. The molecule has 2 unspecified atom stereocenters. The van der Waals surface area contributed by atoms with Crippen LogP contribution in [0.25, 0.3) is 0 Å².